The average molecular weight is 354 g/mol. The highest BCUT2D eigenvalue weighted by Crippen LogP contribution is 2.34. The van der Waals surface area contributed by atoms with E-state index in [1.165, 1.54) is 6.07 Å². The molecule has 2 heterocycles. The number of amides is 1. The molecule has 1 saturated heterocycles. The molecule has 0 bridgehead atoms. The third-order valence-corrected chi connectivity index (χ3v) is 4.96. The van der Waals surface area contributed by atoms with Crippen LogP contribution in [0.3, 0.4) is 0 Å². The molecule has 0 N–H and O–H groups in total. The number of carbonyl (C=O) groups is 1. The number of aromatic nitrogens is 1. The van der Waals surface area contributed by atoms with Gasteiger partial charge in [-0.15, -0.1) is 0 Å². The highest BCUT2D eigenvalue weighted by atomic mass is 32.1. The number of thiazole rings is 1. The number of carbonyl (C=O) groups excluding carboxylic acids is 1. The summed E-state index contributed by atoms with van der Waals surface area (Å²) in [5, 5.41) is 0.380. The standard InChI is InChI=1S/C17H20F2N2O2S/c1-17(2,3)15(22)21(9-11-5-4-6-23-11)16-20-14-12(19)7-10(18)8-13(14)24-16/h7-8,11H,4-6,9H2,1-3H3. The van der Waals surface area contributed by atoms with Gasteiger partial charge in [0.2, 0.25) is 5.91 Å². The van der Waals surface area contributed by atoms with Crippen LogP contribution < -0.4 is 4.90 Å². The number of benzene rings is 1. The van der Waals surface area contributed by atoms with Gasteiger partial charge >= 0.3 is 0 Å². The van der Waals surface area contributed by atoms with Crippen LogP contribution in [0.4, 0.5) is 13.9 Å². The molecule has 130 valence electrons. The molecule has 1 unspecified atom stereocenters. The lowest BCUT2D eigenvalue weighted by molar-refractivity contribution is -0.126. The van der Waals surface area contributed by atoms with E-state index in [4.69, 9.17) is 4.74 Å². The number of fused-ring (bicyclic) bond motifs is 1. The SMILES string of the molecule is CC(C)(C)C(=O)N(CC1CCCO1)c1nc2c(F)cc(F)cc2s1. The summed E-state index contributed by atoms with van der Waals surface area (Å²) in [5.74, 6) is -1.48. The van der Waals surface area contributed by atoms with Crippen molar-refractivity contribution in [2.24, 2.45) is 5.41 Å². The molecule has 0 spiro atoms. The Morgan fingerprint density at radius 1 is 1.42 bits per heavy atom. The average Bonchev–Trinajstić information content (AvgIpc) is 3.11. The summed E-state index contributed by atoms with van der Waals surface area (Å²) in [6.45, 7) is 6.53. The maximum absolute atomic E-state index is 13.9. The largest absolute Gasteiger partial charge is 0.376 e. The van der Waals surface area contributed by atoms with Gasteiger partial charge in [-0.3, -0.25) is 9.69 Å². The number of anilines is 1. The first-order valence-electron chi connectivity index (χ1n) is 7.95. The fourth-order valence-corrected chi connectivity index (χ4v) is 3.72. The molecule has 2 aromatic rings. The van der Waals surface area contributed by atoms with E-state index in [2.05, 4.69) is 4.98 Å². The fraction of sp³-hybridized carbons (Fsp3) is 0.529. The summed E-state index contributed by atoms with van der Waals surface area (Å²) >= 11 is 1.12. The molecule has 1 aliphatic rings. The lowest BCUT2D eigenvalue weighted by Gasteiger charge is -2.29. The van der Waals surface area contributed by atoms with E-state index in [1.807, 2.05) is 20.8 Å². The maximum Gasteiger partial charge on any atom is 0.234 e. The smallest absolute Gasteiger partial charge is 0.234 e. The highest BCUT2D eigenvalue weighted by molar-refractivity contribution is 7.22. The number of hydrogen-bond donors (Lipinski definition) is 0. The van der Waals surface area contributed by atoms with Crippen molar-refractivity contribution in [3.63, 3.8) is 0 Å². The summed E-state index contributed by atoms with van der Waals surface area (Å²) in [4.78, 5) is 18.7. The van der Waals surface area contributed by atoms with E-state index in [0.29, 0.717) is 23.0 Å². The Morgan fingerprint density at radius 3 is 2.79 bits per heavy atom. The predicted molar refractivity (Wildman–Crippen MR) is 90.3 cm³/mol. The van der Waals surface area contributed by atoms with Crippen LogP contribution in [-0.4, -0.2) is 30.1 Å². The molecular weight excluding hydrogens is 334 g/mol. The molecule has 1 atom stereocenters. The molecule has 1 aliphatic heterocycles. The summed E-state index contributed by atoms with van der Waals surface area (Å²) in [6.07, 6.45) is 1.79. The van der Waals surface area contributed by atoms with Crippen molar-refractivity contribution in [1.29, 1.82) is 0 Å². The molecular formula is C17H20F2N2O2S. The number of hydrogen-bond acceptors (Lipinski definition) is 4. The zero-order valence-corrected chi connectivity index (χ0v) is 14.8. The highest BCUT2D eigenvalue weighted by Gasteiger charge is 2.33. The second-order valence-corrected chi connectivity index (χ2v) is 8.04. The van der Waals surface area contributed by atoms with E-state index in [0.717, 1.165) is 30.2 Å². The molecule has 0 aliphatic carbocycles. The van der Waals surface area contributed by atoms with Gasteiger partial charge in [-0.25, -0.2) is 13.8 Å². The van der Waals surface area contributed by atoms with Crippen LogP contribution in [0.5, 0.6) is 0 Å². The van der Waals surface area contributed by atoms with Crippen LogP contribution in [0.15, 0.2) is 12.1 Å². The third kappa shape index (κ3) is 3.42. The minimum absolute atomic E-state index is 0.0510. The van der Waals surface area contributed by atoms with Crippen molar-refractivity contribution in [3.8, 4) is 0 Å². The maximum atomic E-state index is 13.9. The van der Waals surface area contributed by atoms with E-state index in [1.54, 1.807) is 4.90 Å². The second kappa shape index (κ2) is 6.37. The van der Waals surface area contributed by atoms with Crippen LogP contribution in [0.25, 0.3) is 10.2 Å². The Bertz CT molecular complexity index is 764. The summed E-state index contributed by atoms with van der Waals surface area (Å²) in [6, 6.07) is 2.05. The van der Waals surface area contributed by atoms with Crippen molar-refractivity contribution < 1.29 is 18.3 Å². The summed E-state index contributed by atoms with van der Waals surface area (Å²) < 4.78 is 33.4. The zero-order chi connectivity index (χ0) is 17.5. The van der Waals surface area contributed by atoms with Gasteiger partial charge in [0.05, 0.1) is 17.3 Å². The van der Waals surface area contributed by atoms with Gasteiger partial charge < -0.3 is 4.74 Å². The Labute approximate surface area is 143 Å². The lowest BCUT2D eigenvalue weighted by atomic mass is 9.94. The Hall–Kier alpha value is -1.60. The molecule has 1 fully saturated rings. The minimum Gasteiger partial charge on any atom is -0.376 e. The number of nitrogens with zero attached hydrogens (tertiary/aromatic N) is 2. The first-order chi connectivity index (χ1) is 11.3. The summed E-state index contributed by atoms with van der Waals surface area (Å²) in [5.41, 5.74) is -0.518. The zero-order valence-electron chi connectivity index (χ0n) is 13.9. The second-order valence-electron chi connectivity index (χ2n) is 7.03. The van der Waals surface area contributed by atoms with Crippen LogP contribution in [0.1, 0.15) is 33.6 Å². The molecule has 1 aromatic heterocycles. The van der Waals surface area contributed by atoms with Gasteiger partial charge in [0.1, 0.15) is 11.3 Å². The first kappa shape index (κ1) is 17.2. The number of halogens is 2. The molecule has 0 radical (unpaired) electrons. The van der Waals surface area contributed by atoms with Gasteiger partial charge in [-0.05, 0) is 18.9 Å². The fourth-order valence-electron chi connectivity index (χ4n) is 2.71. The molecule has 4 nitrogen and oxygen atoms in total. The van der Waals surface area contributed by atoms with Crippen molar-refractivity contribution in [1.82, 2.24) is 4.98 Å². The topological polar surface area (TPSA) is 42.4 Å². The molecule has 0 saturated carbocycles. The van der Waals surface area contributed by atoms with Gasteiger partial charge in [0, 0.05) is 18.1 Å². The van der Waals surface area contributed by atoms with E-state index < -0.39 is 17.0 Å². The third-order valence-electron chi connectivity index (χ3n) is 3.93. The Morgan fingerprint density at radius 2 is 2.17 bits per heavy atom. The van der Waals surface area contributed by atoms with Crippen LogP contribution >= 0.6 is 11.3 Å². The van der Waals surface area contributed by atoms with E-state index in [9.17, 15) is 13.6 Å². The Kier molecular flexibility index (Phi) is 4.57. The van der Waals surface area contributed by atoms with Gasteiger partial charge in [-0.2, -0.15) is 0 Å². The van der Waals surface area contributed by atoms with E-state index >= 15 is 0 Å². The van der Waals surface area contributed by atoms with E-state index in [-0.39, 0.29) is 17.5 Å². The molecule has 3 rings (SSSR count). The minimum atomic E-state index is -0.715. The normalized spacial score (nSPS) is 18.3. The van der Waals surface area contributed by atoms with Gasteiger partial charge in [0.25, 0.3) is 0 Å². The van der Waals surface area contributed by atoms with Gasteiger partial charge in [-0.1, -0.05) is 32.1 Å². The van der Waals surface area contributed by atoms with Crippen molar-refractivity contribution >= 4 is 32.6 Å². The van der Waals surface area contributed by atoms with Crippen LogP contribution in [0, 0.1) is 17.0 Å². The predicted octanol–water partition coefficient (Wildman–Crippen LogP) is 4.13. The molecule has 7 heteroatoms. The number of rotatable bonds is 3. The number of ether oxygens (including phenoxy) is 1. The van der Waals surface area contributed by atoms with Gasteiger partial charge in [0.15, 0.2) is 10.9 Å². The first-order valence-corrected chi connectivity index (χ1v) is 8.76. The monoisotopic (exact) mass is 354 g/mol. The lowest BCUT2D eigenvalue weighted by Crippen LogP contribution is -2.43. The molecule has 24 heavy (non-hydrogen) atoms. The van der Waals surface area contributed by atoms with Crippen molar-refractivity contribution in [2.75, 3.05) is 18.1 Å². The van der Waals surface area contributed by atoms with Crippen molar-refractivity contribution in [2.45, 2.75) is 39.7 Å². The van der Waals surface area contributed by atoms with Crippen molar-refractivity contribution in [3.05, 3.63) is 23.8 Å². The van der Waals surface area contributed by atoms with Crippen LogP contribution in [-0.2, 0) is 9.53 Å². The molecule has 1 amide bonds. The molecule has 1 aromatic carbocycles. The Balaban J connectivity index is 2.00. The van der Waals surface area contributed by atoms with Crippen LogP contribution in [0.2, 0.25) is 0 Å². The quantitative estimate of drug-likeness (QED) is 0.832. The summed E-state index contributed by atoms with van der Waals surface area (Å²) in [7, 11) is 0.